The van der Waals surface area contributed by atoms with Crippen molar-refractivity contribution in [2.45, 2.75) is 4.90 Å². The van der Waals surface area contributed by atoms with E-state index in [0.717, 1.165) is 10.8 Å². The van der Waals surface area contributed by atoms with E-state index in [1.54, 1.807) is 18.0 Å². The van der Waals surface area contributed by atoms with E-state index in [9.17, 15) is 0 Å². The van der Waals surface area contributed by atoms with Crippen LogP contribution in [0.5, 0.6) is 0 Å². The number of nitrogens with zero attached hydrogens (tertiary/aromatic N) is 3. The summed E-state index contributed by atoms with van der Waals surface area (Å²) >= 11 is 3.11. The third kappa shape index (κ3) is 2.60. The van der Waals surface area contributed by atoms with E-state index in [-0.39, 0.29) is 0 Å². The van der Waals surface area contributed by atoms with E-state index < -0.39 is 0 Å². The van der Waals surface area contributed by atoms with Crippen molar-refractivity contribution in [1.29, 1.82) is 5.26 Å². The second kappa shape index (κ2) is 5.21. The van der Waals surface area contributed by atoms with Gasteiger partial charge < -0.3 is 4.90 Å². The molecule has 0 bridgehead atoms. The van der Waals surface area contributed by atoms with E-state index in [1.807, 2.05) is 11.9 Å². The third-order valence-corrected chi connectivity index (χ3v) is 4.07. The molecule has 0 aliphatic carbocycles. The number of hydrogen-bond acceptors (Lipinski definition) is 5. The molecular weight excluding hydrogens is 250 g/mol. The number of aromatic nitrogens is 1. The number of benzene rings is 1. The first-order chi connectivity index (χ1) is 8.24. The molecule has 2 rings (SSSR count). The monoisotopic (exact) mass is 261 g/mol. The lowest BCUT2D eigenvalue weighted by atomic mass is 10.3. The summed E-state index contributed by atoms with van der Waals surface area (Å²) in [5.74, 6) is 0. The maximum atomic E-state index is 8.77. The lowest BCUT2D eigenvalue weighted by Gasteiger charge is -2.15. The molecule has 0 aliphatic rings. The summed E-state index contributed by atoms with van der Waals surface area (Å²) in [6.45, 7) is 0. The number of nitriles is 1. The third-order valence-electron chi connectivity index (χ3n) is 2.35. The zero-order valence-corrected chi connectivity index (χ0v) is 11.2. The smallest absolute Gasteiger partial charge is 0.190 e. The van der Waals surface area contributed by atoms with Crippen LogP contribution in [0.4, 0.5) is 10.8 Å². The van der Waals surface area contributed by atoms with Gasteiger partial charge in [0.05, 0.1) is 6.20 Å². The molecule has 86 valence electrons. The van der Waals surface area contributed by atoms with Crippen molar-refractivity contribution in [3.05, 3.63) is 35.3 Å². The van der Waals surface area contributed by atoms with Gasteiger partial charge in [-0.3, -0.25) is 0 Å². The van der Waals surface area contributed by atoms with Gasteiger partial charge in [0.2, 0.25) is 0 Å². The fraction of sp³-hybridized carbons (Fsp3) is 0.167. The Hall–Kier alpha value is -1.51. The minimum absolute atomic E-state index is 0.632. The highest BCUT2D eigenvalue weighted by molar-refractivity contribution is 7.98. The van der Waals surface area contributed by atoms with Crippen LogP contribution in [0, 0.1) is 11.3 Å². The molecule has 2 aromatic rings. The highest BCUT2D eigenvalue weighted by Gasteiger charge is 2.08. The van der Waals surface area contributed by atoms with Crippen LogP contribution in [0.1, 0.15) is 4.88 Å². The van der Waals surface area contributed by atoms with E-state index >= 15 is 0 Å². The zero-order valence-electron chi connectivity index (χ0n) is 9.54. The molecule has 0 atom stereocenters. The molecule has 1 heterocycles. The van der Waals surface area contributed by atoms with Gasteiger partial charge in [-0.15, -0.1) is 11.8 Å². The van der Waals surface area contributed by atoms with Crippen LogP contribution in [0.25, 0.3) is 0 Å². The van der Waals surface area contributed by atoms with Crippen molar-refractivity contribution in [3.63, 3.8) is 0 Å². The van der Waals surface area contributed by atoms with Crippen molar-refractivity contribution < 1.29 is 0 Å². The van der Waals surface area contributed by atoms with Crippen molar-refractivity contribution in [3.8, 4) is 6.07 Å². The lowest BCUT2D eigenvalue weighted by molar-refractivity contribution is 1.17. The molecule has 0 fully saturated rings. The van der Waals surface area contributed by atoms with Gasteiger partial charge in [-0.25, -0.2) is 4.98 Å². The van der Waals surface area contributed by atoms with Crippen molar-refractivity contribution in [2.24, 2.45) is 0 Å². The summed E-state index contributed by atoms with van der Waals surface area (Å²) < 4.78 is 0. The van der Waals surface area contributed by atoms with E-state index in [0.29, 0.717) is 4.88 Å². The van der Waals surface area contributed by atoms with Crippen molar-refractivity contribution in [1.82, 2.24) is 4.98 Å². The summed E-state index contributed by atoms with van der Waals surface area (Å²) in [6, 6.07) is 10.4. The van der Waals surface area contributed by atoms with Crippen LogP contribution >= 0.6 is 23.1 Å². The maximum absolute atomic E-state index is 8.77. The van der Waals surface area contributed by atoms with Crippen LogP contribution < -0.4 is 4.90 Å². The number of thiazole rings is 1. The van der Waals surface area contributed by atoms with Crippen molar-refractivity contribution >= 4 is 33.9 Å². The Morgan fingerprint density at radius 3 is 2.59 bits per heavy atom. The Morgan fingerprint density at radius 2 is 2.06 bits per heavy atom. The van der Waals surface area contributed by atoms with E-state index in [2.05, 4.69) is 41.6 Å². The van der Waals surface area contributed by atoms with Gasteiger partial charge in [-0.05, 0) is 30.5 Å². The van der Waals surface area contributed by atoms with E-state index in [4.69, 9.17) is 5.26 Å². The molecule has 0 spiro atoms. The fourth-order valence-corrected chi connectivity index (χ4v) is 2.49. The topological polar surface area (TPSA) is 39.9 Å². The first-order valence-corrected chi connectivity index (χ1v) is 7.02. The minimum atomic E-state index is 0.632. The number of anilines is 2. The molecule has 0 N–H and O–H groups in total. The molecular formula is C12H11N3S2. The lowest BCUT2D eigenvalue weighted by Crippen LogP contribution is -2.08. The molecule has 0 aliphatic heterocycles. The molecule has 1 aromatic carbocycles. The molecule has 0 radical (unpaired) electrons. The van der Waals surface area contributed by atoms with Gasteiger partial charge in [0.15, 0.2) is 5.13 Å². The van der Waals surface area contributed by atoms with Crippen molar-refractivity contribution in [2.75, 3.05) is 18.2 Å². The molecule has 17 heavy (non-hydrogen) atoms. The van der Waals surface area contributed by atoms with Gasteiger partial charge in [0, 0.05) is 17.6 Å². The van der Waals surface area contributed by atoms with Crippen LogP contribution in [0.2, 0.25) is 0 Å². The quantitative estimate of drug-likeness (QED) is 0.793. The minimum Gasteiger partial charge on any atom is -0.321 e. The predicted octanol–water partition coefficient (Wildman–Crippen LogP) is 3.50. The SMILES string of the molecule is CSc1ccc(N(C)c2ncc(C#N)s2)cc1. The first kappa shape index (κ1) is 12.0. The van der Waals surface area contributed by atoms with Gasteiger partial charge in [-0.1, -0.05) is 11.3 Å². The summed E-state index contributed by atoms with van der Waals surface area (Å²) in [5.41, 5.74) is 1.07. The summed E-state index contributed by atoms with van der Waals surface area (Å²) in [7, 11) is 1.95. The van der Waals surface area contributed by atoms with Crippen LogP contribution in [0.15, 0.2) is 35.4 Å². The Morgan fingerprint density at radius 1 is 1.35 bits per heavy atom. The predicted molar refractivity (Wildman–Crippen MR) is 73.1 cm³/mol. The summed E-state index contributed by atoms with van der Waals surface area (Å²) in [4.78, 5) is 8.07. The summed E-state index contributed by atoms with van der Waals surface area (Å²) in [6.07, 6.45) is 3.66. The highest BCUT2D eigenvalue weighted by Crippen LogP contribution is 2.28. The second-order valence-electron chi connectivity index (χ2n) is 3.38. The zero-order chi connectivity index (χ0) is 12.3. The Bertz CT molecular complexity index is 540. The van der Waals surface area contributed by atoms with Gasteiger partial charge in [0.1, 0.15) is 10.9 Å². The van der Waals surface area contributed by atoms with Gasteiger partial charge >= 0.3 is 0 Å². The van der Waals surface area contributed by atoms with Gasteiger partial charge in [-0.2, -0.15) is 5.26 Å². The second-order valence-corrected chi connectivity index (χ2v) is 5.26. The van der Waals surface area contributed by atoms with Crippen LogP contribution in [-0.4, -0.2) is 18.3 Å². The summed E-state index contributed by atoms with van der Waals surface area (Å²) in [5, 5.41) is 9.60. The molecule has 0 unspecified atom stereocenters. The van der Waals surface area contributed by atoms with E-state index in [1.165, 1.54) is 16.2 Å². The Labute approximate surface area is 109 Å². The average Bonchev–Trinajstić information content (AvgIpc) is 2.87. The standard InChI is InChI=1S/C12H11N3S2/c1-15(12-14-8-11(7-13)17-12)9-3-5-10(16-2)6-4-9/h3-6,8H,1-2H3. The highest BCUT2D eigenvalue weighted by atomic mass is 32.2. The van der Waals surface area contributed by atoms with Crippen LogP contribution in [0.3, 0.4) is 0 Å². The molecule has 0 saturated carbocycles. The molecule has 3 nitrogen and oxygen atoms in total. The van der Waals surface area contributed by atoms with Crippen LogP contribution in [-0.2, 0) is 0 Å². The first-order valence-electron chi connectivity index (χ1n) is 4.98. The largest absolute Gasteiger partial charge is 0.321 e. The molecule has 5 heteroatoms. The fourth-order valence-electron chi connectivity index (χ4n) is 1.39. The van der Waals surface area contributed by atoms with Gasteiger partial charge in [0.25, 0.3) is 0 Å². The molecule has 0 saturated heterocycles. The number of rotatable bonds is 3. The maximum Gasteiger partial charge on any atom is 0.190 e. The normalized spacial score (nSPS) is 9.94. The Kier molecular flexibility index (Phi) is 3.67. The number of thioether (sulfide) groups is 1. The average molecular weight is 261 g/mol. The number of hydrogen-bond donors (Lipinski definition) is 0. The molecule has 0 amide bonds. The molecule has 1 aromatic heterocycles. The Balaban J connectivity index is 2.24.